The SMILES string of the molecule is CC(C)CCOC(=O)c1ccc(N)c(Br)c1. The Morgan fingerprint density at radius 3 is 2.75 bits per heavy atom. The van der Waals surface area contributed by atoms with Crippen molar-refractivity contribution >= 4 is 27.6 Å². The lowest BCUT2D eigenvalue weighted by Crippen LogP contribution is -2.08. The molecule has 3 nitrogen and oxygen atoms in total. The van der Waals surface area contributed by atoms with E-state index in [2.05, 4.69) is 29.8 Å². The number of nitrogens with two attached hydrogens (primary N) is 1. The molecule has 0 radical (unpaired) electrons. The molecule has 0 saturated carbocycles. The fourth-order valence-electron chi connectivity index (χ4n) is 1.12. The molecule has 1 aromatic rings. The third-order valence-electron chi connectivity index (χ3n) is 2.16. The maximum Gasteiger partial charge on any atom is 0.338 e. The van der Waals surface area contributed by atoms with Gasteiger partial charge in [0.05, 0.1) is 12.2 Å². The Balaban J connectivity index is 2.56. The van der Waals surface area contributed by atoms with E-state index in [9.17, 15) is 4.79 Å². The molecule has 88 valence electrons. The van der Waals surface area contributed by atoms with Crippen molar-refractivity contribution in [1.29, 1.82) is 0 Å². The number of hydrogen-bond donors (Lipinski definition) is 1. The van der Waals surface area contributed by atoms with E-state index in [1.807, 2.05) is 0 Å². The first-order valence-electron chi connectivity index (χ1n) is 5.23. The Bertz CT molecular complexity index is 377. The summed E-state index contributed by atoms with van der Waals surface area (Å²) >= 11 is 3.27. The van der Waals surface area contributed by atoms with E-state index < -0.39 is 0 Å². The van der Waals surface area contributed by atoms with Crippen LogP contribution in [0.25, 0.3) is 0 Å². The third-order valence-corrected chi connectivity index (χ3v) is 2.85. The highest BCUT2D eigenvalue weighted by Gasteiger charge is 2.08. The smallest absolute Gasteiger partial charge is 0.338 e. The highest BCUT2D eigenvalue weighted by Crippen LogP contribution is 2.20. The molecule has 0 unspecified atom stereocenters. The summed E-state index contributed by atoms with van der Waals surface area (Å²) in [4.78, 5) is 11.6. The zero-order valence-corrected chi connectivity index (χ0v) is 11.1. The summed E-state index contributed by atoms with van der Waals surface area (Å²) in [6.45, 7) is 4.64. The van der Waals surface area contributed by atoms with Crippen LogP contribution in [0.3, 0.4) is 0 Å². The average molecular weight is 286 g/mol. The molecule has 0 saturated heterocycles. The first kappa shape index (κ1) is 13.0. The Labute approximate surface area is 104 Å². The molecule has 0 heterocycles. The molecule has 0 fully saturated rings. The number of hydrogen-bond acceptors (Lipinski definition) is 3. The average Bonchev–Trinajstić information content (AvgIpc) is 2.21. The van der Waals surface area contributed by atoms with Crippen LogP contribution in [0, 0.1) is 5.92 Å². The van der Waals surface area contributed by atoms with Crippen LogP contribution in [0.15, 0.2) is 22.7 Å². The zero-order chi connectivity index (χ0) is 12.1. The van der Waals surface area contributed by atoms with Crippen LogP contribution in [-0.4, -0.2) is 12.6 Å². The Morgan fingerprint density at radius 1 is 1.50 bits per heavy atom. The molecule has 0 aliphatic carbocycles. The fourth-order valence-corrected chi connectivity index (χ4v) is 1.50. The Morgan fingerprint density at radius 2 is 2.19 bits per heavy atom. The van der Waals surface area contributed by atoms with Gasteiger partial charge in [0, 0.05) is 10.2 Å². The first-order chi connectivity index (χ1) is 7.50. The molecular weight excluding hydrogens is 270 g/mol. The largest absolute Gasteiger partial charge is 0.462 e. The molecule has 0 aliphatic rings. The lowest BCUT2D eigenvalue weighted by Gasteiger charge is -2.07. The van der Waals surface area contributed by atoms with Gasteiger partial charge in [-0.3, -0.25) is 0 Å². The summed E-state index contributed by atoms with van der Waals surface area (Å²) in [5.41, 5.74) is 6.76. The van der Waals surface area contributed by atoms with E-state index in [0.717, 1.165) is 6.42 Å². The van der Waals surface area contributed by atoms with Crippen LogP contribution in [-0.2, 0) is 4.74 Å². The van der Waals surface area contributed by atoms with E-state index in [1.165, 1.54) is 0 Å². The van der Waals surface area contributed by atoms with E-state index in [0.29, 0.717) is 28.2 Å². The van der Waals surface area contributed by atoms with Gasteiger partial charge in [-0.25, -0.2) is 4.79 Å². The maximum atomic E-state index is 11.6. The van der Waals surface area contributed by atoms with Gasteiger partial charge in [0.2, 0.25) is 0 Å². The molecule has 0 amide bonds. The molecule has 0 atom stereocenters. The number of carbonyl (C=O) groups is 1. The Kier molecular flexibility index (Phi) is 4.80. The van der Waals surface area contributed by atoms with Crippen molar-refractivity contribution in [2.75, 3.05) is 12.3 Å². The molecular formula is C12H16BrNO2. The zero-order valence-electron chi connectivity index (χ0n) is 9.50. The quantitative estimate of drug-likeness (QED) is 0.683. The van der Waals surface area contributed by atoms with Crippen molar-refractivity contribution in [3.63, 3.8) is 0 Å². The summed E-state index contributed by atoms with van der Waals surface area (Å²) in [6, 6.07) is 5.02. The van der Waals surface area contributed by atoms with Gasteiger partial charge < -0.3 is 10.5 Å². The minimum absolute atomic E-state index is 0.304. The number of anilines is 1. The normalized spacial score (nSPS) is 10.5. The molecule has 0 bridgehead atoms. The molecule has 16 heavy (non-hydrogen) atoms. The number of esters is 1. The lowest BCUT2D eigenvalue weighted by molar-refractivity contribution is 0.0488. The van der Waals surface area contributed by atoms with E-state index in [4.69, 9.17) is 10.5 Å². The Hall–Kier alpha value is -1.03. The molecule has 0 aromatic heterocycles. The minimum Gasteiger partial charge on any atom is -0.462 e. The van der Waals surface area contributed by atoms with E-state index >= 15 is 0 Å². The highest BCUT2D eigenvalue weighted by molar-refractivity contribution is 9.10. The van der Waals surface area contributed by atoms with Gasteiger partial charge in [0.25, 0.3) is 0 Å². The van der Waals surface area contributed by atoms with Crippen LogP contribution >= 0.6 is 15.9 Å². The van der Waals surface area contributed by atoms with Crippen LogP contribution in [0.5, 0.6) is 0 Å². The number of ether oxygens (including phenoxy) is 1. The minimum atomic E-state index is -0.304. The number of carbonyl (C=O) groups excluding carboxylic acids is 1. The summed E-state index contributed by atoms with van der Waals surface area (Å²) in [7, 11) is 0. The van der Waals surface area contributed by atoms with Crippen molar-refractivity contribution in [3.8, 4) is 0 Å². The number of rotatable bonds is 4. The molecule has 4 heteroatoms. The maximum absolute atomic E-state index is 11.6. The molecule has 0 aliphatic heterocycles. The summed E-state index contributed by atoms with van der Waals surface area (Å²) < 4.78 is 5.85. The van der Waals surface area contributed by atoms with Crippen LogP contribution in [0.2, 0.25) is 0 Å². The van der Waals surface area contributed by atoms with Gasteiger partial charge in [-0.1, -0.05) is 13.8 Å². The van der Waals surface area contributed by atoms with Crippen LogP contribution in [0.1, 0.15) is 30.6 Å². The van der Waals surface area contributed by atoms with Gasteiger partial charge in [0.15, 0.2) is 0 Å². The standard InChI is InChI=1S/C12H16BrNO2/c1-8(2)5-6-16-12(15)9-3-4-11(14)10(13)7-9/h3-4,7-8H,5-6,14H2,1-2H3. The summed E-state index contributed by atoms with van der Waals surface area (Å²) in [5.74, 6) is 0.229. The topological polar surface area (TPSA) is 52.3 Å². The predicted molar refractivity (Wildman–Crippen MR) is 68.3 cm³/mol. The second-order valence-electron chi connectivity index (χ2n) is 4.05. The van der Waals surface area contributed by atoms with E-state index in [-0.39, 0.29) is 5.97 Å². The number of benzene rings is 1. The van der Waals surface area contributed by atoms with Crippen molar-refractivity contribution < 1.29 is 9.53 Å². The lowest BCUT2D eigenvalue weighted by atomic mass is 10.1. The second-order valence-corrected chi connectivity index (χ2v) is 4.91. The number of halogens is 1. The fraction of sp³-hybridized carbons (Fsp3) is 0.417. The van der Waals surface area contributed by atoms with Crippen molar-refractivity contribution in [1.82, 2.24) is 0 Å². The van der Waals surface area contributed by atoms with Crippen LogP contribution in [0.4, 0.5) is 5.69 Å². The third kappa shape index (κ3) is 3.85. The van der Waals surface area contributed by atoms with Gasteiger partial charge in [-0.2, -0.15) is 0 Å². The molecule has 1 rings (SSSR count). The molecule has 1 aromatic carbocycles. The van der Waals surface area contributed by atoms with Gasteiger partial charge in [-0.15, -0.1) is 0 Å². The first-order valence-corrected chi connectivity index (χ1v) is 6.02. The summed E-state index contributed by atoms with van der Waals surface area (Å²) in [5, 5.41) is 0. The highest BCUT2D eigenvalue weighted by atomic mass is 79.9. The van der Waals surface area contributed by atoms with Gasteiger partial charge in [0.1, 0.15) is 0 Å². The van der Waals surface area contributed by atoms with Crippen molar-refractivity contribution in [2.24, 2.45) is 5.92 Å². The number of nitrogen functional groups attached to an aromatic ring is 1. The molecule has 0 spiro atoms. The van der Waals surface area contributed by atoms with Crippen molar-refractivity contribution in [3.05, 3.63) is 28.2 Å². The second kappa shape index (κ2) is 5.89. The van der Waals surface area contributed by atoms with Crippen LogP contribution < -0.4 is 5.73 Å². The van der Waals surface area contributed by atoms with Gasteiger partial charge in [-0.05, 0) is 46.5 Å². The molecule has 2 N–H and O–H groups in total. The summed E-state index contributed by atoms with van der Waals surface area (Å²) in [6.07, 6.45) is 0.877. The predicted octanol–water partition coefficient (Wildman–Crippen LogP) is 3.23. The van der Waals surface area contributed by atoms with E-state index in [1.54, 1.807) is 18.2 Å². The van der Waals surface area contributed by atoms with Gasteiger partial charge >= 0.3 is 5.97 Å². The van der Waals surface area contributed by atoms with Crippen molar-refractivity contribution in [2.45, 2.75) is 20.3 Å². The monoisotopic (exact) mass is 285 g/mol.